The Kier molecular flexibility index (Phi) is 7.98. The van der Waals surface area contributed by atoms with Crippen molar-refractivity contribution in [3.8, 4) is 23.0 Å². The molecular weight excluding hydrogens is 424 g/mol. The fourth-order valence-corrected chi connectivity index (χ4v) is 3.85. The Hall–Kier alpha value is -3.14. The molecular formula is C21H28N2O7S. The van der Waals surface area contributed by atoms with E-state index in [1.807, 2.05) is 6.92 Å². The summed E-state index contributed by atoms with van der Waals surface area (Å²) in [5, 5.41) is 2.73. The molecule has 9 nitrogen and oxygen atoms in total. The van der Waals surface area contributed by atoms with Crippen LogP contribution in [0.25, 0.3) is 0 Å². The topological polar surface area (TPSA) is 103 Å². The van der Waals surface area contributed by atoms with E-state index in [0.29, 0.717) is 34.2 Å². The number of methoxy groups -OCH3 is 4. The molecule has 1 N–H and O–H groups in total. The van der Waals surface area contributed by atoms with Gasteiger partial charge in [0.15, 0.2) is 11.5 Å². The van der Waals surface area contributed by atoms with E-state index in [-0.39, 0.29) is 6.54 Å². The van der Waals surface area contributed by atoms with Gasteiger partial charge in [-0.25, -0.2) is 8.42 Å². The lowest BCUT2D eigenvalue weighted by molar-refractivity contribution is -0.119. The Balaban J connectivity index is 2.23. The normalized spacial score (nSPS) is 10.9. The van der Waals surface area contributed by atoms with Crippen LogP contribution < -0.4 is 28.6 Å². The molecule has 0 aliphatic rings. The van der Waals surface area contributed by atoms with Gasteiger partial charge < -0.3 is 24.3 Å². The lowest BCUT2D eigenvalue weighted by Crippen LogP contribution is -2.40. The van der Waals surface area contributed by atoms with Gasteiger partial charge in [-0.2, -0.15) is 0 Å². The summed E-state index contributed by atoms with van der Waals surface area (Å²) >= 11 is 0. The second-order valence-electron chi connectivity index (χ2n) is 6.76. The van der Waals surface area contributed by atoms with Crippen LogP contribution in [0.4, 0.5) is 5.69 Å². The molecule has 2 rings (SSSR count). The maximum atomic E-state index is 12.6. The van der Waals surface area contributed by atoms with E-state index in [1.54, 1.807) is 30.3 Å². The number of aryl methyl sites for hydroxylation is 1. The van der Waals surface area contributed by atoms with Crippen molar-refractivity contribution in [3.63, 3.8) is 0 Å². The van der Waals surface area contributed by atoms with Crippen LogP contribution in [-0.4, -0.2) is 55.6 Å². The zero-order chi connectivity index (χ0) is 23.2. The molecule has 10 heteroatoms. The minimum atomic E-state index is -3.74. The molecule has 0 heterocycles. The summed E-state index contributed by atoms with van der Waals surface area (Å²) in [6.07, 6.45) is 1.04. The first-order chi connectivity index (χ1) is 14.6. The maximum absolute atomic E-state index is 12.6. The molecule has 0 aromatic heterocycles. The molecule has 0 saturated carbocycles. The first-order valence-corrected chi connectivity index (χ1v) is 11.2. The fourth-order valence-electron chi connectivity index (χ4n) is 3.00. The summed E-state index contributed by atoms with van der Waals surface area (Å²) in [4.78, 5) is 12.6. The molecule has 0 bridgehead atoms. The van der Waals surface area contributed by atoms with Crippen LogP contribution in [0.2, 0.25) is 0 Å². The molecule has 2 aromatic rings. The van der Waals surface area contributed by atoms with Crippen molar-refractivity contribution >= 4 is 21.6 Å². The van der Waals surface area contributed by atoms with Crippen molar-refractivity contribution in [1.82, 2.24) is 5.32 Å². The van der Waals surface area contributed by atoms with Crippen LogP contribution in [0, 0.1) is 6.92 Å². The van der Waals surface area contributed by atoms with Gasteiger partial charge in [-0.05, 0) is 42.3 Å². The number of hydrogen-bond donors (Lipinski definition) is 1. The molecule has 0 aliphatic carbocycles. The van der Waals surface area contributed by atoms with Crippen molar-refractivity contribution in [2.45, 2.75) is 13.5 Å². The van der Waals surface area contributed by atoms with E-state index < -0.39 is 22.5 Å². The summed E-state index contributed by atoms with van der Waals surface area (Å²) in [6.45, 7) is 1.56. The number of sulfonamides is 1. The Bertz CT molecular complexity index is 1010. The van der Waals surface area contributed by atoms with Gasteiger partial charge in [0, 0.05) is 6.54 Å². The average Bonchev–Trinajstić information content (AvgIpc) is 2.74. The number of anilines is 1. The lowest BCUT2D eigenvalue weighted by Gasteiger charge is -2.24. The molecule has 170 valence electrons. The first-order valence-electron chi connectivity index (χ1n) is 9.32. The number of amides is 1. The van der Waals surface area contributed by atoms with Gasteiger partial charge in [0.25, 0.3) is 0 Å². The highest BCUT2D eigenvalue weighted by Gasteiger charge is 2.24. The van der Waals surface area contributed by atoms with Gasteiger partial charge in [0.2, 0.25) is 21.7 Å². The zero-order valence-electron chi connectivity index (χ0n) is 18.5. The Labute approximate surface area is 182 Å². The summed E-state index contributed by atoms with van der Waals surface area (Å²) in [6, 6.07) is 8.54. The number of nitrogens with one attached hydrogen (secondary N) is 1. The van der Waals surface area contributed by atoms with Gasteiger partial charge in [-0.1, -0.05) is 6.07 Å². The van der Waals surface area contributed by atoms with E-state index in [0.717, 1.165) is 16.1 Å². The smallest absolute Gasteiger partial charge is 0.241 e. The third-order valence-electron chi connectivity index (χ3n) is 4.50. The lowest BCUT2D eigenvalue weighted by atomic mass is 10.1. The van der Waals surface area contributed by atoms with Gasteiger partial charge >= 0.3 is 0 Å². The average molecular weight is 453 g/mol. The number of carbonyl (C=O) groups excluding carboxylic acids is 1. The number of benzene rings is 2. The first kappa shape index (κ1) is 24.1. The van der Waals surface area contributed by atoms with Crippen molar-refractivity contribution in [2.24, 2.45) is 0 Å². The molecule has 0 atom stereocenters. The number of ether oxygens (including phenoxy) is 4. The molecule has 0 aliphatic heterocycles. The summed E-state index contributed by atoms with van der Waals surface area (Å²) in [7, 11) is 2.20. The molecule has 0 spiro atoms. The molecule has 2 aromatic carbocycles. The molecule has 0 saturated heterocycles. The molecule has 0 fully saturated rings. The highest BCUT2D eigenvalue weighted by atomic mass is 32.2. The number of nitrogens with zero attached hydrogens (tertiary/aromatic N) is 1. The van der Waals surface area contributed by atoms with Crippen LogP contribution in [0.3, 0.4) is 0 Å². The molecule has 0 unspecified atom stereocenters. The molecule has 31 heavy (non-hydrogen) atoms. The number of carbonyl (C=O) groups is 1. The predicted molar refractivity (Wildman–Crippen MR) is 118 cm³/mol. The van der Waals surface area contributed by atoms with E-state index in [1.165, 1.54) is 28.4 Å². The van der Waals surface area contributed by atoms with E-state index in [9.17, 15) is 13.2 Å². The quantitative estimate of drug-likeness (QED) is 0.589. The van der Waals surface area contributed by atoms with Crippen LogP contribution in [-0.2, 0) is 21.4 Å². The highest BCUT2D eigenvalue weighted by Crippen LogP contribution is 2.38. The number of rotatable bonds is 10. The van der Waals surface area contributed by atoms with Crippen molar-refractivity contribution in [1.29, 1.82) is 0 Å². The van der Waals surface area contributed by atoms with Gasteiger partial charge in [0.1, 0.15) is 12.3 Å². The fraction of sp³-hybridized carbons (Fsp3) is 0.381. The third-order valence-corrected chi connectivity index (χ3v) is 5.63. The van der Waals surface area contributed by atoms with E-state index >= 15 is 0 Å². The van der Waals surface area contributed by atoms with Crippen LogP contribution in [0.5, 0.6) is 23.0 Å². The minimum absolute atomic E-state index is 0.137. The van der Waals surface area contributed by atoms with Crippen LogP contribution in [0.1, 0.15) is 11.1 Å². The van der Waals surface area contributed by atoms with Gasteiger partial charge in [-0.15, -0.1) is 0 Å². The van der Waals surface area contributed by atoms with Gasteiger partial charge in [-0.3, -0.25) is 9.10 Å². The van der Waals surface area contributed by atoms with E-state index in [4.69, 9.17) is 18.9 Å². The Morgan fingerprint density at radius 1 is 0.935 bits per heavy atom. The monoisotopic (exact) mass is 452 g/mol. The summed E-state index contributed by atoms with van der Waals surface area (Å²) in [5.41, 5.74) is 1.83. The minimum Gasteiger partial charge on any atom is -0.495 e. The SMILES string of the molecule is COc1ccc(C)cc1N(CC(=O)NCc1cc(OC)c(OC)c(OC)c1)S(C)(=O)=O. The largest absolute Gasteiger partial charge is 0.495 e. The standard InChI is InChI=1S/C21H28N2O7S/c1-14-7-8-17(27-2)16(9-14)23(31(6,25)26)13-20(24)22-12-15-10-18(28-3)21(30-5)19(11-15)29-4/h7-11H,12-13H2,1-6H3,(H,22,24). The number of hydrogen-bond acceptors (Lipinski definition) is 7. The molecule has 1 amide bonds. The maximum Gasteiger partial charge on any atom is 0.241 e. The van der Waals surface area contributed by atoms with Gasteiger partial charge in [0.05, 0.1) is 40.4 Å². The van der Waals surface area contributed by atoms with Crippen LogP contribution >= 0.6 is 0 Å². The predicted octanol–water partition coefficient (Wildman–Crippen LogP) is 2.11. The summed E-state index contributed by atoms with van der Waals surface area (Å²) < 4.78 is 47.0. The molecule has 0 radical (unpaired) electrons. The highest BCUT2D eigenvalue weighted by molar-refractivity contribution is 7.92. The second-order valence-corrected chi connectivity index (χ2v) is 8.66. The zero-order valence-corrected chi connectivity index (χ0v) is 19.3. The van der Waals surface area contributed by atoms with Crippen molar-refractivity contribution in [2.75, 3.05) is 45.5 Å². The Morgan fingerprint density at radius 3 is 2.00 bits per heavy atom. The van der Waals surface area contributed by atoms with Crippen molar-refractivity contribution in [3.05, 3.63) is 41.5 Å². The summed E-state index contributed by atoms with van der Waals surface area (Å²) in [5.74, 6) is 1.22. The van der Waals surface area contributed by atoms with Crippen LogP contribution in [0.15, 0.2) is 30.3 Å². The second kappa shape index (κ2) is 10.3. The van der Waals surface area contributed by atoms with E-state index in [2.05, 4.69) is 5.32 Å². The Morgan fingerprint density at radius 2 is 1.52 bits per heavy atom. The van der Waals surface area contributed by atoms with Crippen molar-refractivity contribution < 1.29 is 32.2 Å². The third kappa shape index (κ3) is 5.94.